The minimum absolute atomic E-state index is 0.0467. The second-order valence-electron chi connectivity index (χ2n) is 7.56. The predicted octanol–water partition coefficient (Wildman–Crippen LogP) is 6.48. The summed E-state index contributed by atoms with van der Waals surface area (Å²) in [5.74, 6) is 0. The van der Waals surface area contributed by atoms with Gasteiger partial charge in [0, 0.05) is 0 Å². The average molecular weight is 479 g/mol. The molecule has 0 saturated heterocycles. The Morgan fingerprint density at radius 2 is 1.70 bits per heavy atom. The van der Waals surface area contributed by atoms with Crippen LogP contribution < -0.4 is 0 Å². The van der Waals surface area contributed by atoms with Gasteiger partial charge in [-0.3, -0.25) is 0 Å². The molecule has 140 valence electrons. The summed E-state index contributed by atoms with van der Waals surface area (Å²) >= 11 is -4.46. The predicted molar refractivity (Wildman–Crippen MR) is 115 cm³/mol. The van der Waals surface area contributed by atoms with Gasteiger partial charge < -0.3 is 0 Å². The maximum atomic E-state index is 9.30. The number of halogens is 2. The second kappa shape index (κ2) is 7.23. The van der Waals surface area contributed by atoms with Crippen LogP contribution in [0.15, 0.2) is 60.7 Å². The van der Waals surface area contributed by atoms with E-state index >= 15 is 0 Å². The van der Waals surface area contributed by atoms with E-state index in [2.05, 4.69) is 70.5 Å². The van der Waals surface area contributed by atoms with Crippen molar-refractivity contribution in [2.24, 2.45) is 0 Å². The monoisotopic (exact) mass is 476 g/mol. The zero-order chi connectivity index (χ0) is 19.1. The number of aliphatic hydroxyl groups excluding tert-OH is 1. The summed E-state index contributed by atoms with van der Waals surface area (Å²) in [5.41, 5.74) is 6.23. The van der Waals surface area contributed by atoms with Crippen LogP contribution in [0.5, 0.6) is 0 Å². The summed E-state index contributed by atoms with van der Waals surface area (Å²) in [6.45, 7) is 2.24. The van der Waals surface area contributed by atoms with E-state index in [-0.39, 0.29) is 13.9 Å². The van der Waals surface area contributed by atoms with E-state index in [0.29, 0.717) is 0 Å². The molecule has 0 saturated carbocycles. The van der Waals surface area contributed by atoms with Crippen LogP contribution >= 0.6 is 17.0 Å². The molecule has 27 heavy (non-hydrogen) atoms. The first kappa shape index (κ1) is 19.5. The minimum atomic E-state index is -4.46. The molecular formula is C23H24Cl2OZr. The Hall–Kier alpha value is -0.787. The van der Waals surface area contributed by atoms with E-state index in [1.807, 2.05) is 6.92 Å². The van der Waals surface area contributed by atoms with Crippen LogP contribution in [0, 0.1) is 0 Å². The summed E-state index contributed by atoms with van der Waals surface area (Å²) in [7, 11) is 15.2. The zero-order valence-electron chi connectivity index (χ0n) is 15.4. The molecule has 4 rings (SSSR count). The average Bonchev–Trinajstić information content (AvgIpc) is 3.30. The number of aliphatic hydroxyl groups is 1. The van der Waals surface area contributed by atoms with Crippen molar-refractivity contribution in [3.63, 3.8) is 0 Å². The first-order chi connectivity index (χ1) is 13.0. The fourth-order valence-electron chi connectivity index (χ4n) is 4.67. The van der Waals surface area contributed by atoms with Gasteiger partial charge in [-0.1, -0.05) is 0 Å². The number of rotatable bonds is 5. The first-order valence-corrected chi connectivity index (χ1v) is 20.1. The molecule has 2 aromatic carbocycles. The van der Waals surface area contributed by atoms with E-state index in [1.165, 1.54) is 27.8 Å². The van der Waals surface area contributed by atoms with Crippen LogP contribution in [-0.4, -0.2) is 15.4 Å². The van der Waals surface area contributed by atoms with Crippen molar-refractivity contribution < 1.29 is 21.0 Å². The summed E-state index contributed by atoms with van der Waals surface area (Å²) in [4.78, 5) is 0. The molecular weight excluding hydrogens is 454 g/mol. The standard InChI is InChI=1S/C12H13O.C9H7.C2H4.2ClH.Zr/c13-9-3-5-11-8-7-10-4-1-2-6-12(10)11;1-2-5-9-7-3-6-8(9)4-1;1-2;;;/h1-2,4,6-8,13H,3,5,9H2;1-7H;1H,2H3;2*1H;/q;;;;;+2/p-2. The Kier molecular flexibility index (Phi) is 5.23. The number of benzene rings is 2. The summed E-state index contributed by atoms with van der Waals surface area (Å²) in [5, 5.41) is 9.30. The molecule has 2 aliphatic carbocycles. The van der Waals surface area contributed by atoms with Crippen molar-refractivity contribution in [1.82, 2.24) is 0 Å². The summed E-state index contributed by atoms with van der Waals surface area (Å²) in [6.07, 6.45) is 8.30. The Labute approximate surface area is 169 Å². The van der Waals surface area contributed by atoms with E-state index in [0.717, 1.165) is 12.8 Å². The van der Waals surface area contributed by atoms with Crippen LogP contribution in [0.2, 0.25) is 0 Å². The second-order valence-corrected chi connectivity index (χ2v) is 29.2. The molecule has 2 aliphatic rings. The molecule has 2 unspecified atom stereocenters. The third-order valence-electron chi connectivity index (χ3n) is 6.15. The molecule has 1 N–H and O–H groups in total. The normalized spacial score (nSPS) is 21.0. The molecule has 4 heteroatoms. The van der Waals surface area contributed by atoms with Crippen molar-refractivity contribution >= 4 is 32.4 Å². The third-order valence-corrected chi connectivity index (χ3v) is 25.3. The van der Waals surface area contributed by atoms with Gasteiger partial charge in [0.25, 0.3) is 0 Å². The van der Waals surface area contributed by atoms with Crippen molar-refractivity contribution in [1.29, 1.82) is 0 Å². The van der Waals surface area contributed by atoms with E-state index in [1.54, 1.807) is 0 Å². The molecule has 0 radical (unpaired) electrons. The van der Waals surface area contributed by atoms with Gasteiger partial charge in [-0.25, -0.2) is 0 Å². The van der Waals surface area contributed by atoms with E-state index in [4.69, 9.17) is 17.0 Å². The van der Waals surface area contributed by atoms with Crippen molar-refractivity contribution in [2.75, 3.05) is 6.61 Å². The molecule has 1 nitrogen and oxygen atoms in total. The molecule has 2 aromatic rings. The molecule has 0 bridgehead atoms. The number of fused-ring (bicyclic) bond motifs is 2. The maximum absolute atomic E-state index is 9.30. The van der Waals surface area contributed by atoms with E-state index < -0.39 is 15.9 Å². The van der Waals surface area contributed by atoms with Gasteiger partial charge >= 0.3 is 170 Å². The zero-order valence-corrected chi connectivity index (χ0v) is 19.4. The fourth-order valence-corrected chi connectivity index (χ4v) is 18.4. The third kappa shape index (κ3) is 3.10. The fraction of sp³-hybridized carbons (Fsp3) is 0.261. The first-order valence-electron chi connectivity index (χ1n) is 9.55. The van der Waals surface area contributed by atoms with E-state index in [9.17, 15) is 5.11 Å². The molecule has 0 fully saturated rings. The molecule has 2 atom stereocenters. The van der Waals surface area contributed by atoms with Crippen LogP contribution in [0.3, 0.4) is 0 Å². The van der Waals surface area contributed by atoms with Gasteiger partial charge in [0.1, 0.15) is 0 Å². The van der Waals surface area contributed by atoms with Gasteiger partial charge in [0.2, 0.25) is 0 Å². The molecule has 0 aliphatic heterocycles. The molecule has 0 spiro atoms. The summed E-state index contributed by atoms with van der Waals surface area (Å²) in [6, 6.07) is 16.9. The van der Waals surface area contributed by atoms with Crippen molar-refractivity contribution in [3.05, 3.63) is 82.9 Å². The number of allylic oxidation sites excluding steroid dienone is 3. The Morgan fingerprint density at radius 1 is 1.00 bits per heavy atom. The van der Waals surface area contributed by atoms with Crippen LogP contribution in [0.1, 0.15) is 49.3 Å². The SMILES string of the molecule is C[CH]=[Zr]([Cl])([Cl])([CH]1C=Cc2ccccc21)[CH]1C=C(CCCO)c2ccccc21. The van der Waals surface area contributed by atoms with Crippen molar-refractivity contribution in [3.8, 4) is 0 Å². The van der Waals surface area contributed by atoms with Crippen molar-refractivity contribution in [2.45, 2.75) is 27.0 Å². The van der Waals surface area contributed by atoms with Crippen LogP contribution in [0.4, 0.5) is 0 Å². The van der Waals surface area contributed by atoms with Gasteiger partial charge in [0.05, 0.1) is 0 Å². The van der Waals surface area contributed by atoms with Gasteiger partial charge in [-0.15, -0.1) is 0 Å². The van der Waals surface area contributed by atoms with Crippen LogP contribution in [0.25, 0.3) is 11.6 Å². The summed E-state index contributed by atoms with van der Waals surface area (Å²) < 4.78 is 2.28. The number of hydrogen-bond acceptors (Lipinski definition) is 1. The molecule has 0 amide bonds. The molecule has 0 aromatic heterocycles. The Bertz CT molecular complexity index is 1010. The van der Waals surface area contributed by atoms with Crippen LogP contribution in [-0.2, 0) is 15.9 Å². The Morgan fingerprint density at radius 3 is 2.44 bits per heavy atom. The molecule has 0 heterocycles. The quantitative estimate of drug-likeness (QED) is 0.521. The topological polar surface area (TPSA) is 20.2 Å². The Balaban J connectivity index is 1.88. The van der Waals surface area contributed by atoms with Gasteiger partial charge in [0.15, 0.2) is 0 Å². The van der Waals surface area contributed by atoms with Gasteiger partial charge in [-0.05, 0) is 0 Å². The number of hydrogen-bond donors (Lipinski definition) is 1. The van der Waals surface area contributed by atoms with Gasteiger partial charge in [-0.2, -0.15) is 0 Å².